The Morgan fingerprint density at radius 1 is 0.444 bits per heavy atom. The van der Waals surface area contributed by atoms with Crippen molar-refractivity contribution < 1.29 is 0 Å². The van der Waals surface area contributed by atoms with Gasteiger partial charge < -0.3 is 0 Å². The Morgan fingerprint density at radius 2 is 0.833 bits per heavy atom. The van der Waals surface area contributed by atoms with E-state index in [9.17, 15) is 0 Å². The highest BCUT2D eigenvalue weighted by molar-refractivity contribution is 4.81. The summed E-state index contributed by atoms with van der Waals surface area (Å²) in [5.74, 6) is 0. The predicted molar refractivity (Wildman–Crippen MR) is 84.5 cm³/mol. The van der Waals surface area contributed by atoms with E-state index in [1.54, 1.807) is 0 Å². The summed E-state index contributed by atoms with van der Waals surface area (Å²) in [6.45, 7) is 7.72. The zero-order valence-electron chi connectivity index (χ0n) is 12.5. The molecule has 0 amide bonds. The maximum absolute atomic E-state index is 3.88. The molecule has 0 heteroatoms. The lowest BCUT2D eigenvalue weighted by atomic mass is 10.1. The van der Waals surface area contributed by atoms with Crippen molar-refractivity contribution in [2.45, 2.75) is 89.9 Å². The quantitative estimate of drug-likeness (QED) is 0.238. The van der Waals surface area contributed by atoms with E-state index in [2.05, 4.69) is 26.0 Å². The molecule has 106 valence electrons. The number of hydrogen-bond donors (Lipinski definition) is 0. The molecule has 0 saturated carbocycles. The first kappa shape index (κ1) is 17.7. The van der Waals surface area contributed by atoms with Crippen molar-refractivity contribution >= 4 is 0 Å². The Balaban J connectivity index is 2.96. The van der Waals surface area contributed by atoms with Crippen molar-refractivity contribution in [3.8, 4) is 0 Å². The third-order valence-electron chi connectivity index (χ3n) is 3.41. The number of rotatable bonds is 14. The predicted octanol–water partition coefficient (Wildman–Crippen LogP) is 6.67. The summed E-state index contributed by atoms with van der Waals surface area (Å²) >= 11 is 0. The van der Waals surface area contributed by atoms with Crippen molar-refractivity contribution in [2.24, 2.45) is 0 Å². The van der Waals surface area contributed by atoms with E-state index in [0.29, 0.717) is 0 Å². The van der Waals surface area contributed by atoms with Crippen molar-refractivity contribution in [2.75, 3.05) is 0 Å². The minimum atomic E-state index is 1.07. The molecule has 0 spiro atoms. The molecule has 0 aliphatic carbocycles. The average molecular weight is 250 g/mol. The van der Waals surface area contributed by atoms with Crippen LogP contribution in [0.4, 0.5) is 0 Å². The lowest BCUT2D eigenvalue weighted by Gasteiger charge is -2.01. The molecule has 0 aliphatic rings. The molecule has 2 radical (unpaired) electrons. The third kappa shape index (κ3) is 15.7. The number of unbranched alkanes of at least 4 members (excludes halogenated alkanes) is 12. The zero-order valence-corrected chi connectivity index (χ0v) is 12.5. The van der Waals surface area contributed by atoms with E-state index >= 15 is 0 Å². The van der Waals surface area contributed by atoms with Gasteiger partial charge in [0.15, 0.2) is 0 Å². The van der Waals surface area contributed by atoms with Crippen LogP contribution < -0.4 is 0 Å². The molecule has 0 aromatic rings. The van der Waals surface area contributed by atoms with Gasteiger partial charge in [-0.3, -0.25) is 0 Å². The van der Waals surface area contributed by atoms with Gasteiger partial charge in [-0.2, -0.15) is 0 Å². The number of hydrogen-bond acceptors (Lipinski definition) is 0. The van der Waals surface area contributed by atoms with Gasteiger partial charge in [-0.05, 0) is 25.7 Å². The zero-order chi connectivity index (χ0) is 13.3. The van der Waals surface area contributed by atoms with E-state index in [4.69, 9.17) is 0 Å². The van der Waals surface area contributed by atoms with Crippen LogP contribution in [0, 0.1) is 13.8 Å². The van der Waals surface area contributed by atoms with E-state index in [1.807, 2.05) is 0 Å². The van der Waals surface area contributed by atoms with Gasteiger partial charge in [-0.15, -0.1) is 0 Å². The van der Waals surface area contributed by atoms with E-state index in [-0.39, 0.29) is 0 Å². The monoisotopic (exact) mass is 250 g/mol. The number of allylic oxidation sites excluding steroid dienone is 2. The van der Waals surface area contributed by atoms with Gasteiger partial charge >= 0.3 is 0 Å². The summed E-state index contributed by atoms with van der Waals surface area (Å²) in [6.07, 6.45) is 23.3. The SMILES string of the molecule is [CH2]CCC/C=C/CCCCCCCCCCC[CH2]. The summed E-state index contributed by atoms with van der Waals surface area (Å²) in [6, 6.07) is 0. The molecule has 0 atom stereocenters. The summed E-state index contributed by atoms with van der Waals surface area (Å²) in [5.41, 5.74) is 0. The van der Waals surface area contributed by atoms with Gasteiger partial charge in [-0.25, -0.2) is 0 Å². The molecule has 0 aromatic carbocycles. The highest BCUT2D eigenvalue weighted by Crippen LogP contribution is 2.11. The molecule has 18 heavy (non-hydrogen) atoms. The first-order valence-corrected chi connectivity index (χ1v) is 8.15. The fourth-order valence-electron chi connectivity index (χ4n) is 2.17. The fourth-order valence-corrected chi connectivity index (χ4v) is 2.17. The largest absolute Gasteiger partial charge is 0.0885 e. The fraction of sp³-hybridized carbons (Fsp3) is 0.778. The Bertz CT molecular complexity index is 157. The van der Waals surface area contributed by atoms with Gasteiger partial charge in [0.2, 0.25) is 0 Å². The Morgan fingerprint density at radius 3 is 1.33 bits per heavy atom. The normalized spacial score (nSPS) is 11.4. The molecule has 0 unspecified atom stereocenters. The Labute approximate surface area is 116 Å². The summed E-state index contributed by atoms with van der Waals surface area (Å²) in [5, 5.41) is 0. The lowest BCUT2D eigenvalue weighted by Crippen LogP contribution is -1.81. The Hall–Kier alpha value is -0.260. The van der Waals surface area contributed by atoms with Crippen LogP contribution in [0.1, 0.15) is 89.9 Å². The molecular formula is C18H34. The van der Waals surface area contributed by atoms with Crippen LogP contribution in [-0.4, -0.2) is 0 Å². The maximum Gasteiger partial charge on any atom is -0.0351 e. The van der Waals surface area contributed by atoms with Crippen LogP contribution >= 0.6 is 0 Å². The van der Waals surface area contributed by atoms with Crippen LogP contribution in [0.3, 0.4) is 0 Å². The van der Waals surface area contributed by atoms with Crippen LogP contribution in [-0.2, 0) is 0 Å². The molecule has 0 saturated heterocycles. The van der Waals surface area contributed by atoms with Crippen LogP contribution in [0.2, 0.25) is 0 Å². The van der Waals surface area contributed by atoms with Gasteiger partial charge in [0.05, 0.1) is 0 Å². The van der Waals surface area contributed by atoms with Crippen molar-refractivity contribution in [1.82, 2.24) is 0 Å². The Kier molecular flexibility index (Phi) is 16.5. The molecule has 0 rings (SSSR count). The molecular weight excluding hydrogens is 216 g/mol. The van der Waals surface area contributed by atoms with E-state index < -0.39 is 0 Å². The minimum Gasteiger partial charge on any atom is -0.0885 e. The van der Waals surface area contributed by atoms with E-state index in [1.165, 1.54) is 77.0 Å². The van der Waals surface area contributed by atoms with Gasteiger partial charge in [0, 0.05) is 0 Å². The molecule has 0 aromatic heterocycles. The first-order valence-electron chi connectivity index (χ1n) is 8.15. The minimum absolute atomic E-state index is 1.07. The summed E-state index contributed by atoms with van der Waals surface area (Å²) in [4.78, 5) is 0. The van der Waals surface area contributed by atoms with Crippen molar-refractivity contribution in [3.63, 3.8) is 0 Å². The van der Waals surface area contributed by atoms with Crippen molar-refractivity contribution in [3.05, 3.63) is 26.0 Å². The molecule has 0 bridgehead atoms. The second-order valence-corrected chi connectivity index (χ2v) is 5.29. The second kappa shape index (κ2) is 16.7. The van der Waals surface area contributed by atoms with Crippen LogP contribution in [0.25, 0.3) is 0 Å². The first-order chi connectivity index (χ1) is 8.91. The smallest absolute Gasteiger partial charge is 0.0351 e. The highest BCUT2D eigenvalue weighted by Gasteiger charge is 1.91. The highest BCUT2D eigenvalue weighted by atomic mass is 14.0. The van der Waals surface area contributed by atoms with E-state index in [0.717, 1.165) is 12.8 Å². The summed E-state index contributed by atoms with van der Waals surface area (Å²) < 4.78 is 0. The molecule has 0 N–H and O–H groups in total. The third-order valence-corrected chi connectivity index (χ3v) is 3.41. The van der Waals surface area contributed by atoms with Crippen LogP contribution in [0.5, 0.6) is 0 Å². The van der Waals surface area contributed by atoms with Crippen molar-refractivity contribution in [1.29, 1.82) is 0 Å². The lowest BCUT2D eigenvalue weighted by molar-refractivity contribution is 0.561. The average Bonchev–Trinajstić information content (AvgIpc) is 2.39. The molecule has 0 heterocycles. The standard InChI is InChI=1S/C18H34/c1-3-5-7-9-11-13-15-17-18-16-14-12-10-8-6-4-2/h9,11H,1-8,10,12-18H2/b11-9+. The molecule has 0 fully saturated rings. The van der Waals surface area contributed by atoms with Gasteiger partial charge in [0.25, 0.3) is 0 Å². The topological polar surface area (TPSA) is 0 Å². The summed E-state index contributed by atoms with van der Waals surface area (Å²) in [7, 11) is 0. The molecule has 0 nitrogen and oxygen atoms in total. The second-order valence-electron chi connectivity index (χ2n) is 5.29. The van der Waals surface area contributed by atoms with Gasteiger partial charge in [-0.1, -0.05) is 90.2 Å². The maximum atomic E-state index is 3.88. The van der Waals surface area contributed by atoms with Crippen LogP contribution in [0.15, 0.2) is 12.2 Å². The molecule has 0 aliphatic heterocycles. The van der Waals surface area contributed by atoms with Gasteiger partial charge in [0.1, 0.15) is 0 Å².